The van der Waals surface area contributed by atoms with Crippen LogP contribution >= 0.6 is 22.6 Å². The average Bonchev–Trinajstić information content (AvgIpc) is 3.13. The van der Waals surface area contributed by atoms with Crippen LogP contribution in [-0.2, 0) is 11.3 Å². The number of nitro groups is 1. The summed E-state index contributed by atoms with van der Waals surface area (Å²) in [6.45, 7) is 1.30. The monoisotopic (exact) mass is 484 g/mol. The Morgan fingerprint density at radius 2 is 2.15 bits per heavy atom. The molecule has 2 aromatic carbocycles. The number of hydrogen-bond acceptors (Lipinski definition) is 4. The molecule has 0 aliphatic carbocycles. The van der Waals surface area contributed by atoms with Gasteiger partial charge >= 0.3 is 0 Å². The lowest BCUT2D eigenvalue weighted by Gasteiger charge is -2.26. The van der Waals surface area contributed by atoms with Crippen LogP contribution in [0.15, 0.2) is 42.5 Å². The van der Waals surface area contributed by atoms with Crippen molar-refractivity contribution in [2.45, 2.75) is 25.5 Å². The molecule has 27 heavy (non-hydrogen) atoms. The van der Waals surface area contributed by atoms with Crippen LogP contribution in [0.4, 0.5) is 10.1 Å². The Morgan fingerprint density at radius 3 is 2.78 bits per heavy atom. The molecule has 1 unspecified atom stereocenters. The van der Waals surface area contributed by atoms with Crippen molar-refractivity contribution in [3.63, 3.8) is 0 Å². The third-order valence-electron chi connectivity index (χ3n) is 4.39. The molecule has 1 atom stereocenters. The number of non-ortho nitro benzene ring substituents is 1. The van der Waals surface area contributed by atoms with Gasteiger partial charge in [-0.05, 0) is 59.2 Å². The SMILES string of the molecule is O=C(c1ccc([N+](=O)[O-])cc1I)N(Cc1cccc(F)c1)CC1CCCO1. The minimum atomic E-state index is -0.493. The van der Waals surface area contributed by atoms with E-state index in [-0.39, 0.29) is 30.1 Å². The second kappa shape index (κ2) is 8.75. The molecule has 0 bridgehead atoms. The van der Waals surface area contributed by atoms with Crippen molar-refractivity contribution in [1.29, 1.82) is 0 Å². The normalized spacial score (nSPS) is 16.3. The smallest absolute Gasteiger partial charge is 0.270 e. The molecule has 1 heterocycles. The number of nitrogens with zero attached hydrogens (tertiary/aromatic N) is 2. The molecule has 1 aliphatic rings. The maximum Gasteiger partial charge on any atom is 0.270 e. The molecule has 142 valence electrons. The highest BCUT2D eigenvalue weighted by atomic mass is 127. The minimum absolute atomic E-state index is 0.0572. The first-order chi connectivity index (χ1) is 12.9. The number of carbonyl (C=O) groups excluding carboxylic acids is 1. The van der Waals surface area contributed by atoms with Gasteiger partial charge in [0.1, 0.15) is 5.82 Å². The molecule has 1 saturated heterocycles. The van der Waals surface area contributed by atoms with Gasteiger partial charge in [0, 0.05) is 35.4 Å². The number of nitro benzene ring substituents is 1. The van der Waals surface area contributed by atoms with Gasteiger partial charge in [0.25, 0.3) is 11.6 Å². The zero-order chi connectivity index (χ0) is 19.4. The van der Waals surface area contributed by atoms with Crippen LogP contribution in [0.25, 0.3) is 0 Å². The van der Waals surface area contributed by atoms with Crippen LogP contribution in [0.5, 0.6) is 0 Å². The first kappa shape index (κ1) is 19.7. The van der Waals surface area contributed by atoms with E-state index in [0.717, 1.165) is 12.8 Å². The van der Waals surface area contributed by atoms with Crippen molar-refractivity contribution in [3.05, 3.63) is 73.1 Å². The van der Waals surface area contributed by atoms with Gasteiger partial charge in [-0.1, -0.05) is 12.1 Å². The van der Waals surface area contributed by atoms with Crippen LogP contribution in [0.1, 0.15) is 28.8 Å². The highest BCUT2D eigenvalue weighted by Gasteiger charge is 2.25. The van der Waals surface area contributed by atoms with E-state index >= 15 is 0 Å². The summed E-state index contributed by atoms with van der Waals surface area (Å²) in [7, 11) is 0. The molecule has 0 aromatic heterocycles. The summed E-state index contributed by atoms with van der Waals surface area (Å²) in [6, 6.07) is 10.3. The topological polar surface area (TPSA) is 72.7 Å². The Morgan fingerprint density at radius 1 is 1.33 bits per heavy atom. The summed E-state index contributed by atoms with van der Waals surface area (Å²) in [6.07, 6.45) is 1.75. The first-order valence-corrected chi connectivity index (χ1v) is 9.61. The molecule has 3 rings (SSSR count). The van der Waals surface area contributed by atoms with Crippen molar-refractivity contribution in [2.24, 2.45) is 0 Å². The van der Waals surface area contributed by atoms with Crippen LogP contribution in [-0.4, -0.2) is 35.0 Å². The number of hydrogen-bond donors (Lipinski definition) is 0. The van der Waals surface area contributed by atoms with Gasteiger partial charge in [-0.2, -0.15) is 0 Å². The fourth-order valence-electron chi connectivity index (χ4n) is 3.07. The van der Waals surface area contributed by atoms with Crippen molar-refractivity contribution >= 4 is 34.2 Å². The van der Waals surface area contributed by atoms with E-state index in [1.807, 2.05) is 22.6 Å². The summed E-state index contributed by atoms with van der Waals surface area (Å²) >= 11 is 1.93. The fraction of sp³-hybridized carbons (Fsp3) is 0.316. The maximum atomic E-state index is 13.5. The third kappa shape index (κ3) is 5.01. The summed E-state index contributed by atoms with van der Waals surface area (Å²) < 4.78 is 19.7. The zero-order valence-electron chi connectivity index (χ0n) is 14.4. The quantitative estimate of drug-likeness (QED) is 0.351. The van der Waals surface area contributed by atoms with Gasteiger partial charge in [-0.25, -0.2) is 4.39 Å². The van der Waals surface area contributed by atoms with Crippen LogP contribution in [0, 0.1) is 19.5 Å². The minimum Gasteiger partial charge on any atom is -0.376 e. The van der Waals surface area contributed by atoms with Crippen LogP contribution < -0.4 is 0 Å². The van der Waals surface area contributed by atoms with E-state index in [2.05, 4.69) is 0 Å². The average molecular weight is 484 g/mol. The van der Waals surface area contributed by atoms with Gasteiger partial charge in [-0.15, -0.1) is 0 Å². The van der Waals surface area contributed by atoms with Crippen LogP contribution in [0.2, 0.25) is 0 Å². The molecule has 1 aliphatic heterocycles. The Labute approximate surface area is 169 Å². The molecule has 0 N–H and O–H groups in total. The summed E-state index contributed by atoms with van der Waals surface area (Å²) in [5.74, 6) is -0.615. The van der Waals surface area contributed by atoms with Gasteiger partial charge in [-0.3, -0.25) is 14.9 Å². The lowest BCUT2D eigenvalue weighted by molar-refractivity contribution is -0.384. The molecular weight excluding hydrogens is 466 g/mol. The summed E-state index contributed by atoms with van der Waals surface area (Å²) in [5, 5.41) is 10.9. The predicted octanol–water partition coefficient (Wildman–Crippen LogP) is 4.16. The van der Waals surface area contributed by atoms with E-state index in [1.54, 1.807) is 17.0 Å². The van der Waals surface area contributed by atoms with Crippen molar-refractivity contribution < 1.29 is 18.8 Å². The van der Waals surface area contributed by atoms with Crippen LogP contribution in [0.3, 0.4) is 0 Å². The lowest BCUT2D eigenvalue weighted by Crippen LogP contribution is -2.37. The van der Waals surface area contributed by atoms with Crippen molar-refractivity contribution in [3.8, 4) is 0 Å². The number of amides is 1. The molecule has 6 nitrogen and oxygen atoms in total. The Bertz CT molecular complexity index is 855. The van der Waals surface area contributed by atoms with Gasteiger partial charge < -0.3 is 9.64 Å². The van der Waals surface area contributed by atoms with Gasteiger partial charge in [0.2, 0.25) is 0 Å². The van der Waals surface area contributed by atoms with E-state index in [4.69, 9.17) is 4.74 Å². The first-order valence-electron chi connectivity index (χ1n) is 8.53. The molecule has 0 radical (unpaired) electrons. The van der Waals surface area contributed by atoms with E-state index < -0.39 is 4.92 Å². The number of halogens is 2. The second-order valence-electron chi connectivity index (χ2n) is 6.37. The van der Waals surface area contributed by atoms with Gasteiger partial charge in [0.15, 0.2) is 0 Å². The largest absolute Gasteiger partial charge is 0.376 e. The predicted molar refractivity (Wildman–Crippen MR) is 106 cm³/mol. The highest BCUT2D eigenvalue weighted by Crippen LogP contribution is 2.23. The fourth-order valence-corrected chi connectivity index (χ4v) is 3.80. The number of rotatable bonds is 6. The lowest BCUT2D eigenvalue weighted by atomic mass is 10.1. The number of carbonyl (C=O) groups is 1. The molecule has 8 heteroatoms. The highest BCUT2D eigenvalue weighted by molar-refractivity contribution is 14.1. The Hall–Kier alpha value is -2.07. The molecular formula is C19H18FIN2O4. The summed E-state index contributed by atoms with van der Waals surface area (Å²) in [4.78, 5) is 25.2. The Kier molecular flexibility index (Phi) is 6.38. The molecule has 1 amide bonds. The second-order valence-corrected chi connectivity index (χ2v) is 7.53. The van der Waals surface area contributed by atoms with Gasteiger partial charge in [0.05, 0.1) is 16.6 Å². The molecule has 0 saturated carbocycles. The number of benzene rings is 2. The maximum absolute atomic E-state index is 13.5. The third-order valence-corrected chi connectivity index (χ3v) is 5.28. The van der Waals surface area contributed by atoms with Crippen molar-refractivity contribution in [2.75, 3.05) is 13.2 Å². The van der Waals surface area contributed by atoms with E-state index in [1.165, 1.54) is 30.3 Å². The number of ether oxygens (including phenoxy) is 1. The van der Waals surface area contributed by atoms with E-state index in [0.29, 0.717) is 27.8 Å². The van der Waals surface area contributed by atoms with E-state index in [9.17, 15) is 19.3 Å². The molecule has 0 spiro atoms. The van der Waals surface area contributed by atoms with Crippen molar-refractivity contribution in [1.82, 2.24) is 4.90 Å². The molecule has 2 aromatic rings. The standard InChI is InChI=1S/C19H18FIN2O4/c20-14-4-1-3-13(9-14)11-22(12-16-5-2-8-27-16)19(24)17-7-6-15(23(25)26)10-18(17)21/h1,3-4,6-7,9-10,16H,2,5,8,11-12H2. The molecule has 1 fully saturated rings. The summed E-state index contributed by atoms with van der Waals surface area (Å²) in [5.41, 5.74) is 1.00. The zero-order valence-corrected chi connectivity index (χ0v) is 16.6. The Balaban J connectivity index is 1.86.